The van der Waals surface area contributed by atoms with Crippen LogP contribution in [0.4, 0.5) is 4.79 Å². The van der Waals surface area contributed by atoms with Crippen LogP contribution in [0.5, 0.6) is 5.75 Å². The number of aromatic nitrogens is 1. The number of ether oxygens (including phenoxy) is 1. The molecule has 0 unspecified atom stereocenters. The minimum absolute atomic E-state index is 0.350. The van der Waals surface area contributed by atoms with Crippen LogP contribution >= 0.6 is 0 Å². The van der Waals surface area contributed by atoms with Crippen molar-refractivity contribution < 1.29 is 9.53 Å². The first-order valence-corrected chi connectivity index (χ1v) is 11.6. The molecule has 0 aliphatic rings. The van der Waals surface area contributed by atoms with E-state index in [0.29, 0.717) is 30.9 Å². The fourth-order valence-corrected chi connectivity index (χ4v) is 4.48. The topological polar surface area (TPSA) is 58.3 Å². The van der Waals surface area contributed by atoms with Crippen LogP contribution in [0.1, 0.15) is 36.1 Å². The summed E-state index contributed by atoms with van der Waals surface area (Å²) < 4.78 is 8.06. The van der Waals surface area contributed by atoms with Gasteiger partial charge in [0.15, 0.2) is 0 Å². The largest absolute Gasteiger partial charge is 0.415 e. The summed E-state index contributed by atoms with van der Waals surface area (Å²) in [4.78, 5) is 14.5. The molecule has 0 saturated carbocycles. The normalized spacial score (nSPS) is 10.8. The Bertz CT molecular complexity index is 1370. The quantitative estimate of drug-likeness (QED) is 0.328. The number of aryl methyl sites for hydroxylation is 2. The second kappa shape index (κ2) is 9.84. The molecule has 1 heterocycles. The van der Waals surface area contributed by atoms with Crippen LogP contribution in [0.2, 0.25) is 0 Å². The molecular formula is C29H29N3O2. The van der Waals surface area contributed by atoms with Gasteiger partial charge in [-0.3, -0.25) is 0 Å². The molecule has 34 heavy (non-hydrogen) atoms. The Balaban J connectivity index is 1.86. The lowest BCUT2D eigenvalue weighted by atomic mass is 9.97. The third-order valence-electron chi connectivity index (χ3n) is 6.12. The van der Waals surface area contributed by atoms with E-state index in [9.17, 15) is 10.1 Å². The average Bonchev–Trinajstić information content (AvgIpc) is 3.22. The summed E-state index contributed by atoms with van der Waals surface area (Å²) in [7, 11) is 0. The molecule has 0 spiro atoms. The van der Waals surface area contributed by atoms with Gasteiger partial charge in [-0.2, -0.15) is 5.26 Å². The van der Waals surface area contributed by atoms with Crippen LogP contribution in [0.3, 0.4) is 0 Å². The summed E-state index contributed by atoms with van der Waals surface area (Å²) in [5, 5.41) is 10.5. The van der Waals surface area contributed by atoms with Gasteiger partial charge < -0.3 is 14.2 Å². The maximum atomic E-state index is 12.8. The van der Waals surface area contributed by atoms with E-state index in [1.807, 2.05) is 56.4 Å². The standard InChI is InChI=1S/C29H29N3O2/c1-5-31(6-2)29(33)34-27-12-11-26-25(28(27)24-16-20(3)15-21(4)17-24)13-14-32(26)19-23-10-8-7-9-22(23)18-30/h7-17H,5-6,19H2,1-4H3. The van der Waals surface area contributed by atoms with Crippen molar-refractivity contribution in [1.82, 2.24) is 9.47 Å². The van der Waals surface area contributed by atoms with Crippen LogP contribution in [-0.2, 0) is 6.54 Å². The van der Waals surface area contributed by atoms with Crippen LogP contribution in [0, 0.1) is 25.2 Å². The lowest BCUT2D eigenvalue weighted by molar-refractivity contribution is 0.157. The molecule has 0 radical (unpaired) electrons. The number of nitriles is 1. The molecule has 1 aromatic heterocycles. The van der Waals surface area contributed by atoms with Crippen molar-refractivity contribution in [2.75, 3.05) is 13.1 Å². The van der Waals surface area contributed by atoms with E-state index in [0.717, 1.165) is 38.7 Å². The number of hydrogen-bond acceptors (Lipinski definition) is 3. The SMILES string of the molecule is CCN(CC)C(=O)Oc1ccc2c(ccn2Cc2ccccc2C#N)c1-c1cc(C)cc(C)c1. The fourth-order valence-electron chi connectivity index (χ4n) is 4.48. The van der Waals surface area contributed by atoms with E-state index in [1.165, 1.54) is 0 Å². The monoisotopic (exact) mass is 451 g/mol. The molecule has 4 aromatic rings. The fraction of sp³-hybridized carbons (Fsp3) is 0.241. The highest BCUT2D eigenvalue weighted by molar-refractivity contribution is 6.00. The number of carbonyl (C=O) groups is 1. The smallest absolute Gasteiger partial charge is 0.410 e. The van der Waals surface area contributed by atoms with Gasteiger partial charge in [0.2, 0.25) is 0 Å². The van der Waals surface area contributed by atoms with Gasteiger partial charge in [-0.15, -0.1) is 0 Å². The van der Waals surface area contributed by atoms with Crippen LogP contribution in [0.25, 0.3) is 22.0 Å². The summed E-state index contributed by atoms with van der Waals surface area (Å²) in [6.07, 6.45) is 1.68. The highest BCUT2D eigenvalue weighted by atomic mass is 16.6. The Kier molecular flexibility index (Phi) is 6.70. The minimum atomic E-state index is -0.350. The van der Waals surface area contributed by atoms with E-state index >= 15 is 0 Å². The van der Waals surface area contributed by atoms with Crippen LogP contribution < -0.4 is 4.74 Å². The summed E-state index contributed by atoms with van der Waals surface area (Å²) in [5.74, 6) is 0.546. The zero-order valence-corrected chi connectivity index (χ0v) is 20.1. The first kappa shape index (κ1) is 23.1. The second-order valence-electron chi connectivity index (χ2n) is 8.50. The molecule has 0 bridgehead atoms. The summed E-state index contributed by atoms with van der Waals surface area (Å²) in [6, 6.07) is 22.2. The molecule has 0 aliphatic carbocycles. The number of amides is 1. The average molecular weight is 452 g/mol. The molecule has 0 N–H and O–H groups in total. The maximum Gasteiger partial charge on any atom is 0.415 e. The van der Waals surface area contributed by atoms with Gasteiger partial charge in [0, 0.05) is 42.3 Å². The number of hydrogen-bond donors (Lipinski definition) is 0. The molecule has 4 rings (SSSR count). The van der Waals surface area contributed by atoms with Crippen molar-refractivity contribution >= 4 is 17.0 Å². The Morgan fingerprint density at radius 2 is 1.71 bits per heavy atom. The van der Waals surface area contributed by atoms with Crippen molar-refractivity contribution in [3.05, 3.63) is 89.1 Å². The van der Waals surface area contributed by atoms with E-state index < -0.39 is 0 Å². The van der Waals surface area contributed by atoms with Crippen molar-refractivity contribution in [1.29, 1.82) is 5.26 Å². The number of rotatable bonds is 6. The van der Waals surface area contributed by atoms with Gasteiger partial charge in [0.25, 0.3) is 0 Å². The second-order valence-corrected chi connectivity index (χ2v) is 8.50. The Labute approximate surface area is 200 Å². The number of nitrogens with zero attached hydrogens (tertiary/aromatic N) is 3. The zero-order valence-electron chi connectivity index (χ0n) is 20.1. The predicted octanol–water partition coefficient (Wildman–Crippen LogP) is 6.69. The number of carbonyl (C=O) groups excluding carboxylic acids is 1. The molecular weight excluding hydrogens is 422 g/mol. The molecule has 1 amide bonds. The highest BCUT2D eigenvalue weighted by Crippen LogP contribution is 2.39. The maximum absolute atomic E-state index is 12.8. The Morgan fingerprint density at radius 3 is 2.38 bits per heavy atom. The molecule has 172 valence electrons. The third-order valence-corrected chi connectivity index (χ3v) is 6.12. The van der Waals surface area contributed by atoms with E-state index in [4.69, 9.17) is 4.74 Å². The Morgan fingerprint density at radius 1 is 1.00 bits per heavy atom. The van der Waals surface area contributed by atoms with E-state index in [-0.39, 0.29) is 6.09 Å². The van der Waals surface area contributed by atoms with Crippen molar-refractivity contribution in [3.8, 4) is 22.9 Å². The first-order chi connectivity index (χ1) is 16.4. The first-order valence-electron chi connectivity index (χ1n) is 11.6. The Hall–Kier alpha value is -4.04. The van der Waals surface area contributed by atoms with Gasteiger partial charge >= 0.3 is 6.09 Å². The van der Waals surface area contributed by atoms with Gasteiger partial charge in [0.1, 0.15) is 5.75 Å². The molecule has 0 fully saturated rings. The third kappa shape index (κ3) is 4.53. The van der Waals surface area contributed by atoms with Crippen molar-refractivity contribution in [2.24, 2.45) is 0 Å². The van der Waals surface area contributed by atoms with Crippen molar-refractivity contribution in [3.63, 3.8) is 0 Å². The summed E-state index contributed by atoms with van der Waals surface area (Å²) in [5.41, 5.74) is 6.87. The minimum Gasteiger partial charge on any atom is -0.410 e. The molecule has 0 atom stereocenters. The molecule has 5 nitrogen and oxygen atoms in total. The zero-order chi connectivity index (χ0) is 24.2. The predicted molar refractivity (Wildman–Crippen MR) is 136 cm³/mol. The summed E-state index contributed by atoms with van der Waals surface area (Å²) >= 11 is 0. The van der Waals surface area contributed by atoms with Crippen LogP contribution in [0.15, 0.2) is 66.9 Å². The van der Waals surface area contributed by atoms with Crippen molar-refractivity contribution in [2.45, 2.75) is 34.2 Å². The van der Waals surface area contributed by atoms with Crippen LogP contribution in [-0.4, -0.2) is 28.6 Å². The van der Waals surface area contributed by atoms with Gasteiger partial charge in [-0.1, -0.05) is 47.5 Å². The highest BCUT2D eigenvalue weighted by Gasteiger charge is 2.19. The van der Waals surface area contributed by atoms with Gasteiger partial charge in [0.05, 0.1) is 11.6 Å². The lowest BCUT2D eigenvalue weighted by Crippen LogP contribution is -2.33. The summed E-state index contributed by atoms with van der Waals surface area (Å²) in [6.45, 7) is 9.79. The number of fused-ring (bicyclic) bond motifs is 1. The molecule has 0 saturated heterocycles. The molecule has 3 aromatic carbocycles. The lowest BCUT2D eigenvalue weighted by Gasteiger charge is -2.20. The van der Waals surface area contributed by atoms with E-state index in [2.05, 4.69) is 48.7 Å². The molecule has 5 heteroatoms. The van der Waals surface area contributed by atoms with E-state index in [1.54, 1.807) is 4.90 Å². The molecule has 0 aliphatic heterocycles. The van der Waals surface area contributed by atoms with Gasteiger partial charge in [-0.25, -0.2) is 4.79 Å². The van der Waals surface area contributed by atoms with Gasteiger partial charge in [-0.05, 0) is 63.1 Å². The number of benzene rings is 3.